The molecule has 0 aliphatic heterocycles. The summed E-state index contributed by atoms with van der Waals surface area (Å²) in [5, 5.41) is 10.3. The van der Waals surface area contributed by atoms with Gasteiger partial charge in [-0.05, 0) is 23.6 Å². The molecule has 2 aromatic rings. The fourth-order valence-electron chi connectivity index (χ4n) is 1.69. The number of aldehydes is 1. The van der Waals surface area contributed by atoms with Crippen LogP contribution in [0.15, 0.2) is 24.3 Å². The molecule has 0 aliphatic rings. The lowest BCUT2D eigenvalue weighted by Crippen LogP contribution is -1.91. The fourth-order valence-corrected chi connectivity index (χ4v) is 1.69. The predicted molar refractivity (Wildman–Crippen MR) is 58.9 cm³/mol. The van der Waals surface area contributed by atoms with Gasteiger partial charge in [0.2, 0.25) is 0 Å². The van der Waals surface area contributed by atoms with Gasteiger partial charge in [0.15, 0.2) is 6.29 Å². The van der Waals surface area contributed by atoms with Crippen LogP contribution in [0.1, 0.15) is 15.9 Å². The Balaban J connectivity index is 3.02. The van der Waals surface area contributed by atoms with Gasteiger partial charge in [-0.25, -0.2) is 4.39 Å². The minimum absolute atomic E-state index is 0.0413. The Hall–Kier alpha value is -2.34. The van der Waals surface area contributed by atoms with Gasteiger partial charge in [-0.1, -0.05) is 12.0 Å². The Bertz CT molecular complexity index is 624. The first kappa shape index (κ1) is 10.2. The highest BCUT2D eigenvalue weighted by Gasteiger charge is 2.10. The highest BCUT2D eigenvalue weighted by Crippen LogP contribution is 2.28. The zero-order chi connectivity index (χ0) is 11.7. The number of benzene rings is 2. The summed E-state index contributed by atoms with van der Waals surface area (Å²) in [4.78, 5) is 10.8. The summed E-state index contributed by atoms with van der Waals surface area (Å²) in [6.07, 6.45) is 5.75. The number of carbonyl (C=O) groups excluding carboxylic acids is 1. The molecular weight excluding hydrogens is 207 g/mol. The first-order valence-electron chi connectivity index (χ1n) is 4.54. The number of carbonyl (C=O) groups is 1. The van der Waals surface area contributed by atoms with Crippen molar-refractivity contribution in [2.75, 3.05) is 0 Å². The molecule has 0 aliphatic carbocycles. The van der Waals surface area contributed by atoms with E-state index in [4.69, 9.17) is 6.42 Å². The molecule has 0 fully saturated rings. The van der Waals surface area contributed by atoms with E-state index in [9.17, 15) is 14.3 Å². The van der Waals surface area contributed by atoms with Crippen LogP contribution in [0.3, 0.4) is 0 Å². The zero-order valence-corrected chi connectivity index (χ0v) is 8.20. The van der Waals surface area contributed by atoms with Gasteiger partial charge in [0, 0.05) is 10.9 Å². The number of hydrogen-bond acceptors (Lipinski definition) is 2. The van der Waals surface area contributed by atoms with E-state index in [0.717, 1.165) is 0 Å². The number of phenolic OH excluding ortho intramolecular Hbond substituents is 1. The molecule has 0 spiro atoms. The first-order valence-corrected chi connectivity index (χ1v) is 4.54. The summed E-state index contributed by atoms with van der Waals surface area (Å²) in [7, 11) is 0. The van der Waals surface area contributed by atoms with Crippen molar-refractivity contribution in [3.63, 3.8) is 0 Å². The summed E-state index contributed by atoms with van der Waals surface area (Å²) >= 11 is 0. The van der Waals surface area contributed by atoms with Crippen molar-refractivity contribution in [2.45, 2.75) is 0 Å². The van der Waals surface area contributed by atoms with Gasteiger partial charge in [-0.2, -0.15) is 0 Å². The maximum Gasteiger partial charge on any atom is 0.150 e. The molecule has 1 N–H and O–H groups in total. The molecule has 0 unspecified atom stereocenters. The summed E-state index contributed by atoms with van der Waals surface area (Å²) in [6, 6.07) is 5.38. The van der Waals surface area contributed by atoms with Crippen LogP contribution in [-0.2, 0) is 0 Å². The highest BCUT2D eigenvalue weighted by atomic mass is 19.1. The zero-order valence-electron chi connectivity index (χ0n) is 8.20. The number of halogens is 1. The average molecular weight is 214 g/mol. The second-order valence-electron chi connectivity index (χ2n) is 3.32. The third kappa shape index (κ3) is 1.41. The highest BCUT2D eigenvalue weighted by molar-refractivity contribution is 6.02. The van der Waals surface area contributed by atoms with E-state index in [2.05, 4.69) is 5.92 Å². The van der Waals surface area contributed by atoms with Crippen LogP contribution in [0.4, 0.5) is 4.39 Å². The number of phenols is 1. The van der Waals surface area contributed by atoms with Crippen molar-refractivity contribution in [1.82, 2.24) is 0 Å². The lowest BCUT2D eigenvalue weighted by atomic mass is 9.99. The molecule has 3 heteroatoms. The molecule has 2 aromatic carbocycles. The number of aromatic hydroxyl groups is 1. The quantitative estimate of drug-likeness (QED) is 0.585. The summed E-state index contributed by atoms with van der Waals surface area (Å²) < 4.78 is 13.4. The van der Waals surface area contributed by atoms with E-state index in [0.29, 0.717) is 17.1 Å². The van der Waals surface area contributed by atoms with E-state index >= 15 is 0 Å². The predicted octanol–water partition coefficient (Wildman–Crippen LogP) is 2.48. The van der Waals surface area contributed by atoms with Crippen molar-refractivity contribution in [3.05, 3.63) is 41.2 Å². The van der Waals surface area contributed by atoms with E-state index in [1.807, 2.05) is 0 Å². The Morgan fingerprint density at radius 3 is 2.75 bits per heavy atom. The van der Waals surface area contributed by atoms with Crippen LogP contribution in [0.2, 0.25) is 0 Å². The van der Waals surface area contributed by atoms with E-state index < -0.39 is 5.82 Å². The standard InChI is InChI=1S/C13H7FO2/c1-2-11-12(14)4-3-8-5-10(16)6-9(7-15)13(8)11/h1,3-7,16H. The van der Waals surface area contributed by atoms with E-state index in [1.165, 1.54) is 24.3 Å². The molecule has 0 radical (unpaired) electrons. The second kappa shape index (κ2) is 3.67. The molecule has 16 heavy (non-hydrogen) atoms. The lowest BCUT2D eigenvalue weighted by Gasteiger charge is -2.06. The fraction of sp³-hybridized carbons (Fsp3) is 0. The number of rotatable bonds is 1. The van der Waals surface area contributed by atoms with Crippen LogP contribution in [0.25, 0.3) is 10.8 Å². The Kier molecular flexibility index (Phi) is 2.34. The summed E-state index contributed by atoms with van der Waals surface area (Å²) in [6.45, 7) is 0. The van der Waals surface area contributed by atoms with Crippen LogP contribution in [0.5, 0.6) is 5.75 Å². The van der Waals surface area contributed by atoms with Crippen LogP contribution < -0.4 is 0 Å². The summed E-state index contributed by atoms with van der Waals surface area (Å²) in [5.41, 5.74) is 0.224. The first-order chi connectivity index (χ1) is 7.67. The monoisotopic (exact) mass is 214 g/mol. The average Bonchev–Trinajstić information content (AvgIpc) is 2.28. The van der Waals surface area contributed by atoms with Crippen molar-refractivity contribution in [3.8, 4) is 18.1 Å². The van der Waals surface area contributed by atoms with Crippen molar-refractivity contribution in [1.29, 1.82) is 0 Å². The maximum atomic E-state index is 13.4. The molecular formula is C13H7FO2. The van der Waals surface area contributed by atoms with E-state index in [1.54, 1.807) is 0 Å². The molecule has 0 saturated carbocycles. The largest absolute Gasteiger partial charge is 0.508 e. The molecule has 0 heterocycles. The molecule has 0 amide bonds. The normalized spacial score (nSPS) is 10.0. The third-order valence-electron chi connectivity index (χ3n) is 2.35. The maximum absolute atomic E-state index is 13.4. The number of terminal acetylenes is 1. The SMILES string of the molecule is C#Cc1c(F)ccc2cc(O)cc(C=O)c12. The Morgan fingerprint density at radius 1 is 1.38 bits per heavy atom. The molecule has 0 aromatic heterocycles. The van der Waals surface area contributed by atoms with Crippen LogP contribution >= 0.6 is 0 Å². The molecule has 0 saturated heterocycles. The topological polar surface area (TPSA) is 37.3 Å². The van der Waals surface area contributed by atoms with Gasteiger partial charge in [0.1, 0.15) is 11.6 Å². The van der Waals surface area contributed by atoms with Gasteiger partial charge >= 0.3 is 0 Å². The summed E-state index contributed by atoms with van der Waals surface area (Å²) in [5.74, 6) is 1.61. The lowest BCUT2D eigenvalue weighted by molar-refractivity contribution is 0.112. The molecule has 78 valence electrons. The number of hydrogen-bond donors (Lipinski definition) is 1. The minimum atomic E-state index is -0.552. The third-order valence-corrected chi connectivity index (χ3v) is 2.35. The Labute approximate surface area is 91.3 Å². The van der Waals surface area contributed by atoms with Crippen molar-refractivity contribution >= 4 is 17.1 Å². The second-order valence-corrected chi connectivity index (χ2v) is 3.32. The van der Waals surface area contributed by atoms with Gasteiger partial charge in [-0.3, -0.25) is 4.79 Å². The van der Waals surface area contributed by atoms with Crippen LogP contribution in [0, 0.1) is 18.2 Å². The van der Waals surface area contributed by atoms with Crippen molar-refractivity contribution < 1.29 is 14.3 Å². The minimum Gasteiger partial charge on any atom is -0.508 e. The van der Waals surface area contributed by atoms with E-state index in [-0.39, 0.29) is 16.9 Å². The number of fused-ring (bicyclic) bond motifs is 1. The smallest absolute Gasteiger partial charge is 0.150 e. The van der Waals surface area contributed by atoms with Crippen LogP contribution in [-0.4, -0.2) is 11.4 Å². The van der Waals surface area contributed by atoms with Gasteiger partial charge in [0.25, 0.3) is 0 Å². The molecule has 0 bridgehead atoms. The van der Waals surface area contributed by atoms with Gasteiger partial charge in [0.05, 0.1) is 5.56 Å². The molecule has 2 nitrogen and oxygen atoms in total. The molecule has 2 rings (SSSR count). The van der Waals surface area contributed by atoms with Crippen molar-refractivity contribution in [2.24, 2.45) is 0 Å². The molecule has 0 atom stereocenters. The Morgan fingerprint density at radius 2 is 2.12 bits per heavy atom. The van der Waals surface area contributed by atoms with Gasteiger partial charge in [-0.15, -0.1) is 6.42 Å². The van der Waals surface area contributed by atoms with Gasteiger partial charge < -0.3 is 5.11 Å².